The molecule has 16 heavy (non-hydrogen) atoms. The number of aryl methyl sites for hydroxylation is 2. The Hall–Kier alpha value is -1.68. The molecule has 0 amide bonds. The highest BCUT2D eigenvalue weighted by Crippen LogP contribution is 2.33. The third-order valence-corrected chi connectivity index (χ3v) is 3.77. The van der Waals surface area contributed by atoms with Gasteiger partial charge in [-0.25, -0.2) is 0 Å². The van der Waals surface area contributed by atoms with Gasteiger partial charge >= 0.3 is 0 Å². The SMILES string of the molecule is Cc1sc2c(C)cccc2c1C=C[N+](=O)[O-]. The zero-order valence-electron chi connectivity index (χ0n) is 9.06. The maximum atomic E-state index is 10.3. The molecule has 4 heteroatoms. The summed E-state index contributed by atoms with van der Waals surface area (Å²) in [6.45, 7) is 4.04. The van der Waals surface area contributed by atoms with Gasteiger partial charge in [-0.3, -0.25) is 10.1 Å². The lowest BCUT2D eigenvalue weighted by Gasteiger charge is -1.94. The number of thiophene rings is 1. The molecular weight excluding hydrogens is 222 g/mol. The number of rotatable bonds is 2. The summed E-state index contributed by atoms with van der Waals surface area (Å²) in [7, 11) is 0. The molecule has 0 bridgehead atoms. The molecule has 82 valence electrons. The van der Waals surface area contributed by atoms with Crippen LogP contribution in [0, 0.1) is 24.0 Å². The Labute approximate surface area is 97.2 Å². The highest BCUT2D eigenvalue weighted by molar-refractivity contribution is 7.19. The van der Waals surface area contributed by atoms with Crippen LogP contribution in [0.25, 0.3) is 16.2 Å². The molecule has 0 atom stereocenters. The van der Waals surface area contributed by atoms with Crippen LogP contribution in [0.3, 0.4) is 0 Å². The fourth-order valence-corrected chi connectivity index (χ4v) is 2.85. The van der Waals surface area contributed by atoms with Crippen molar-refractivity contribution in [3.05, 3.63) is 50.5 Å². The van der Waals surface area contributed by atoms with Crippen molar-refractivity contribution < 1.29 is 4.92 Å². The number of fused-ring (bicyclic) bond motifs is 1. The average molecular weight is 233 g/mol. The van der Waals surface area contributed by atoms with Crippen molar-refractivity contribution in [2.24, 2.45) is 0 Å². The van der Waals surface area contributed by atoms with Gasteiger partial charge in [0.05, 0.1) is 4.92 Å². The second kappa shape index (κ2) is 4.06. The molecule has 0 unspecified atom stereocenters. The lowest BCUT2D eigenvalue weighted by molar-refractivity contribution is -0.400. The fourth-order valence-electron chi connectivity index (χ4n) is 1.74. The van der Waals surface area contributed by atoms with E-state index in [1.807, 2.05) is 19.1 Å². The third kappa shape index (κ3) is 1.84. The highest BCUT2D eigenvalue weighted by Gasteiger charge is 2.08. The maximum Gasteiger partial charge on any atom is 0.235 e. The number of nitro groups is 1. The first kappa shape index (κ1) is 10.8. The highest BCUT2D eigenvalue weighted by atomic mass is 32.1. The van der Waals surface area contributed by atoms with Crippen molar-refractivity contribution in [1.29, 1.82) is 0 Å². The first-order valence-electron chi connectivity index (χ1n) is 4.90. The van der Waals surface area contributed by atoms with Crippen LogP contribution in [0.4, 0.5) is 0 Å². The normalized spacial score (nSPS) is 11.4. The Balaban J connectivity index is 2.65. The van der Waals surface area contributed by atoms with E-state index in [1.165, 1.54) is 10.3 Å². The van der Waals surface area contributed by atoms with Gasteiger partial charge in [-0.2, -0.15) is 0 Å². The van der Waals surface area contributed by atoms with Crippen molar-refractivity contribution in [1.82, 2.24) is 0 Å². The van der Waals surface area contributed by atoms with Crippen molar-refractivity contribution >= 4 is 27.5 Å². The van der Waals surface area contributed by atoms with Crippen LogP contribution in [0.2, 0.25) is 0 Å². The van der Waals surface area contributed by atoms with E-state index in [2.05, 4.69) is 13.0 Å². The number of hydrogen-bond acceptors (Lipinski definition) is 3. The Morgan fingerprint density at radius 2 is 2.12 bits per heavy atom. The minimum Gasteiger partial charge on any atom is -0.259 e. The molecule has 2 aromatic rings. The molecule has 1 aromatic carbocycles. The number of nitrogens with zero attached hydrogens (tertiary/aromatic N) is 1. The summed E-state index contributed by atoms with van der Waals surface area (Å²) in [5, 5.41) is 11.4. The molecule has 0 radical (unpaired) electrons. The largest absolute Gasteiger partial charge is 0.259 e. The van der Waals surface area contributed by atoms with Gasteiger partial charge in [0.25, 0.3) is 0 Å². The van der Waals surface area contributed by atoms with E-state index in [1.54, 1.807) is 17.4 Å². The molecule has 0 aliphatic rings. The van der Waals surface area contributed by atoms with E-state index in [4.69, 9.17) is 0 Å². The van der Waals surface area contributed by atoms with Gasteiger partial charge in [0.15, 0.2) is 0 Å². The summed E-state index contributed by atoms with van der Waals surface area (Å²) in [6.07, 6.45) is 2.57. The Kier molecular flexibility index (Phi) is 2.75. The van der Waals surface area contributed by atoms with Crippen molar-refractivity contribution in [2.45, 2.75) is 13.8 Å². The minimum absolute atomic E-state index is 0.432. The van der Waals surface area contributed by atoms with Crippen molar-refractivity contribution in [3.8, 4) is 0 Å². The summed E-state index contributed by atoms with van der Waals surface area (Å²) in [4.78, 5) is 11.0. The van der Waals surface area contributed by atoms with Gasteiger partial charge in [-0.15, -0.1) is 11.3 Å². The summed E-state index contributed by atoms with van der Waals surface area (Å²) < 4.78 is 1.21. The average Bonchev–Trinajstić information content (AvgIpc) is 2.53. The van der Waals surface area contributed by atoms with Crippen LogP contribution in [0.5, 0.6) is 0 Å². The van der Waals surface area contributed by atoms with Crippen LogP contribution < -0.4 is 0 Å². The number of hydrogen-bond donors (Lipinski definition) is 0. The molecule has 3 nitrogen and oxygen atoms in total. The predicted molar refractivity (Wildman–Crippen MR) is 67.3 cm³/mol. The maximum absolute atomic E-state index is 10.3. The minimum atomic E-state index is -0.432. The fraction of sp³-hybridized carbons (Fsp3) is 0.167. The molecule has 0 N–H and O–H groups in total. The zero-order chi connectivity index (χ0) is 11.7. The van der Waals surface area contributed by atoms with Crippen LogP contribution >= 0.6 is 11.3 Å². The first-order valence-corrected chi connectivity index (χ1v) is 5.71. The molecule has 1 heterocycles. The van der Waals surface area contributed by atoms with E-state index in [0.717, 1.165) is 22.0 Å². The second-order valence-corrected chi connectivity index (χ2v) is 4.85. The second-order valence-electron chi connectivity index (χ2n) is 3.62. The monoisotopic (exact) mass is 233 g/mol. The molecule has 2 rings (SSSR count). The first-order chi connectivity index (χ1) is 7.59. The van der Waals surface area contributed by atoms with Crippen LogP contribution in [0.15, 0.2) is 24.4 Å². The van der Waals surface area contributed by atoms with Gasteiger partial charge in [0.1, 0.15) is 0 Å². The van der Waals surface area contributed by atoms with Gasteiger partial charge < -0.3 is 0 Å². The molecule has 0 saturated carbocycles. The van der Waals surface area contributed by atoms with Gasteiger partial charge in [-0.1, -0.05) is 18.2 Å². The van der Waals surface area contributed by atoms with E-state index >= 15 is 0 Å². The molecule has 0 aliphatic heterocycles. The van der Waals surface area contributed by atoms with Crippen molar-refractivity contribution in [3.63, 3.8) is 0 Å². The van der Waals surface area contributed by atoms with E-state index in [9.17, 15) is 10.1 Å². The van der Waals surface area contributed by atoms with Gasteiger partial charge in [0, 0.05) is 26.6 Å². The van der Waals surface area contributed by atoms with E-state index in [0.29, 0.717) is 0 Å². The lowest BCUT2D eigenvalue weighted by atomic mass is 10.1. The lowest BCUT2D eigenvalue weighted by Crippen LogP contribution is -1.82. The van der Waals surface area contributed by atoms with Gasteiger partial charge in [0.2, 0.25) is 6.20 Å². The molecule has 0 aliphatic carbocycles. The Morgan fingerprint density at radius 3 is 2.81 bits per heavy atom. The quantitative estimate of drug-likeness (QED) is 0.585. The topological polar surface area (TPSA) is 43.1 Å². The smallest absolute Gasteiger partial charge is 0.235 e. The number of benzene rings is 1. The van der Waals surface area contributed by atoms with Crippen molar-refractivity contribution in [2.75, 3.05) is 0 Å². The van der Waals surface area contributed by atoms with Crippen LogP contribution in [0.1, 0.15) is 16.0 Å². The molecule has 0 fully saturated rings. The van der Waals surface area contributed by atoms with Gasteiger partial charge in [-0.05, 0) is 19.4 Å². The van der Waals surface area contributed by atoms with Crippen LogP contribution in [-0.2, 0) is 0 Å². The summed E-state index contributed by atoms with van der Waals surface area (Å²) in [5.41, 5.74) is 2.17. The molecule has 1 aromatic heterocycles. The Morgan fingerprint density at radius 1 is 1.38 bits per heavy atom. The molecule has 0 spiro atoms. The molecule has 0 saturated heterocycles. The Bertz CT molecular complexity index is 584. The standard InChI is InChI=1S/C12H11NO2S/c1-8-4-3-5-11-10(6-7-13(14)15)9(2)16-12(8)11/h3-7H,1-2H3. The molecular formula is C12H11NO2S. The third-order valence-electron chi connectivity index (χ3n) is 2.50. The van der Waals surface area contributed by atoms with Crippen LogP contribution in [-0.4, -0.2) is 4.92 Å². The summed E-state index contributed by atoms with van der Waals surface area (Å²) in [5.74, 6) is 0. The predicted octanol–water partition coefficient (Wildman–Crippen LogP) is 3.77. The van der Waals surface area contributed by atoms with E-state index in [-0.39, 0.29) is 0 Å². The zero-order valence-corrected chi connectivity index (χ0v) is 9.88. The summed E-state index contributed by atoms with van der Waals surface area (Å²) >= 11 is 1.68. The van der Waals surface area contributed by atoms with E-state index < -0.39 is 4.92 Å². The summed E-state index contributed by atoms with van der Waals surface area (Å²) in [6, 6.07) is 6.04.